The maximum atomic E-state index is 12.2. The third-order valence-corrected chi connectivity index (χ3v) is 5.13. The highest BCUT2D eigenvalue weighted by atomic mass is 16.5. The number of esters is 1. The lowest BCUT2D eigenvalue weighted by Gasteiger charge is -2.32. The van der Waals surface area contributed by atoms with Gasteiger partial charge in [-0.2, -0.15) is 5.10 Å². The number of hydrogen-bond acceptors (Lipinski definition) is 5. The van der Waals surface area contributed by atoms with Gasteiger partial charge in [-0.15, -0.1) is 0 Å². The first kappa shape index (κ1) is 17.5. The fourth-order valence-corrected chi connectivity index (χ4v) is 3.77. The average Bonchev–Trinajstić information content (AvgIpc) is 3.12. The second-order valence-corrected chi connectivity index (χ2v) is 6.96. The Morgan fingerprint density at radius 1 is 1.33 bits per heavy atom. The Kier molecular flexibility index (Phi) is 4.79. The highest BCUT2D eigenvalue weighted by Crippen LogP contribution is 2.29. The second kappa shape index (κ2) is 7.39. The quantitative estimate of drug-likeness (QED) is 0.663. The normalized spacial score (nSPS) is 17.3. The Morgan fingerprint density at radius 3 is 3.00 bits per heavy atom. The number of fused-ring (bicyclic) bond motifs is 1. The minimum Gasteiger partial charge on any atom is -0.466 e. The van der Waals surface area contributed by atoms with Crippen molar-refractivity contribution < 1.29 is 9.53 Å². The molecule has 0 unspecified atom stereocenters. The van der Waals surface area contributed by atoms with Crippen molar-refractivity contribution in [3.8, 4) is 11.3 Å². The van der Waals surface area contributed by atoms with E-state index in [1.54, 1.807) is 6.20 Å². The maximum absolute atomic E-state index is 12.2. The van der Waals surface area contributed by atoms with Crippen LogP contribution in [0.4, 0.5) is 5.82 Å². The van der Waals surface area contributed by atoms with Gasteiger partial charge in [0.15, 0.2) is 5.82 Å². The molecule has 140 valence electrons. The molecule has 1 aliphatic heterocycles. The Bertz CT molecular complexity index is 966. The molecule has 0 radical (unpaired) electrons. The van der Waals surface area contributed by atoms with Crippen molar-refractivity contribution >= 4 is 17.3 Å². The Balaban J connectivity index is 1.68. The lowest BCUT2D eigenvalue weighted by Crippen LogP contribution is -2.40. The van der Waals surface area contributed by atoms with Crippen molar-refractivity contribution in [2.45, 2.75) is 26.7 Å². The fourth-order valence-electron chi connectivity index (χ4n) is 3.77. The van der Waals surface area contributed by atoms with E-state index in [0.29, 0.717) is 13.2 Å². The van der Waals surface area contributed by atoms with Gasteiger partial charge in [-0.25, -0.2) is 9.50 Å². The third kappa shape index (κ3) is 3.39. The number of benzene rings is 1. The minimum absolute atomic E-state index is 0.0977. The molecular weight excluding hydrogens is 340 g/mol. The van der Waals surface area contributed by atoms with E-state index in [2.05, 4.69) is 35.0 Å². The molecule has 0 bridgehead atoms. The number of piperidine rings is 1. The summed E-state index contributed by atoms with van der Waals surface area (Å²) in [6.45, 7) is 5.88. The number of hydrogen-bond donors (Lipinski definition) is 0. The van der Waals surface area contributed by atoms with E-state index in [4.69, 9.17) is 9.84 Å². The number of aryl methyl sites for hydroxylation is 1. The van der Waals surface area contributed by atoms with Crippen LogP contribution in [0.2, 0.25) is 0 Å². The molecule has 0 aliphatic carbocycles. The highest BCUT2D eigenvalue weighted by Gasteiger charge is 2.28. The lowest BCUT2D eigenvalue weighted by molar-refractivity contribution is -0.148. The number of ether oxygens (including phenoxy) is 1. The summed E-state index contributed by atoms with van der Waals surface area (Å²) in [6.07, 6.45) is 5.45. The molecule has 0 saturated carbocycles. The molecule has 0 N–H and O–H groups in total. The average molecular weight is 364 g/mol. The second-order valence-electron chi connectivity index (χ2n) is 6.96. The number of rotatable bonds is 4. The molecule has 1 aliphatic rings. The Morgan fingerprint density at radius 2 is 2.19 bits per heavy atom. The molecule has 1 aromatic carbocycles. The van der Waals surface area contributed by atoms with Crippen LogP contribution >= 0.6 is 0 Å². The molecule has 27 heavy (non-hydrogen) atoms. The fraction of sp³-hybridized carbons (Fsp3) is 0.381. The van der Waals surface area contributed by atoms with E-state index >= 15 is 0 Å². The highest BCUT2D eigenvalue weighted by molar-refractivity contribution is 5.78. The van der Waals surface area contributed by atoms with Gasteiger partial charge in [0.05, 0.1) is 18.2 Å². The van der Waals surface area contributed by atoms with Crippen molar-refractivity contribution in [2.24, 2.45) is 5.92 Å². The van der Waals surface area contributed by atoms with Crippen molar-refractivity contribution in [3.05, 3.63) is 48.3 Å². The third-order valence-electron chi connectivity index (χ3n) is 5.13. The zero-order chi connectivity index (χ0) is 18.8. The van der Waals surface area contributed by atoms with E-state index in [9.17, 15) is 4.79 Å². The predicted octanol–water partition coefficient (Wildman–Crippen LogP) is 3.48. The van der Waals surface area contributed by atoms with E-state index < -0.39 is 0 Å². The van der Waals surface area contributed by atoms with Crippen LogP contribution in [0, 0.1) is 12.8 Å². The van der Waals surface area contributed by atoms with Crippen molar-refractivity contribution in [1.82, 2.24) is 14.6 Å². The smallest absolute Gasteiger partial charge is 0.310 e. The zero-order valence-electron chi connectivity index (χ0n) is 15.8. The van der Waals surface area contributed by atoms with Crippen molar-refractivity contribution in [2.75, 3.05) is 24.6 Å². The zero-order valence-corrected chi connectivity index (χ0v) is 15.8. The molecule has 3 heterocycles. The van der Waals surface area contributed by atoms with Gasteiger partial charge in [0, 0.05) is 31.0 Å². The van der Waals surface area contributed by atoms with E-state index in [1.807, 2.05) is 29.8 Å². The number of carbonyl (C=O) groups is 1. The molecule has 4 rings (SSSR count). The monoisotopic (exact) mass is 364 g/mol. The van der Waals surface area contributed by atoms with Gasteiger partial charge in [-0.3, -0.25) is 4.79 Å². The summed E-state index contributed by atoms with van der Waals surface area (Å²) < 4.78 is 7.10. The lowest BCUT2D eigenvalue weighted by atomic mass is 9.98. The van der Waals surface area contributed by atoms with E-state index in [-0.39, 0.29) is 11.9 Å². The minimum atomic E-state index is -0.108. The summed E-state index contributed by atoms with van der Waals surface area (Å²) in [5.41, 5.74) is 4.20. The van der Waals surface area contributed by atoms with Gasteiger partial charge in [-0.1, -0.05) is 24.3 Å². The van der Waals surface area contributed by atoms with E-state index in [1.165, 1.54) is 5.56 Å². The molecule has 1 atom stereocenters. The van der Waals surface area contributed by atoms with Crippen molar-refractivity contribution in [1.29, 1.82) is 0 Å². The van der Waals surface area contributed by atoms with Gasteiger partial charge in [0.2, 0.25) is 0 Å². The van der Waals surface area contributed by atoms with Crippen LogP contribution in [0.5, 0.6) is 0 Å². The summed E-state index contributed by atoms with van der Waals surface area (Å²) in [5, 5.41) is 4.74. The molecular formula is C21H24N4O2. The molecule has 3 aromatic rings. The summed E-state index contributed by atoms with van der Waals surface area (Å²) >= 11 is 0. The molecule has 2 aromatic heterocycles. The van der Waals surface area contributed by atoms with Crippen LogP contribution in [-0.2, 0) is 9.53 Å². The van der Waals surface area contributed by atoms with Crippen LogP contribution in [0.25, 0.3) is 16.8 Å². The predicted molar refractivity (Wildman–Crippen MR) is 105 cm³/mol. The molecule has 6 heteroatoms. The molecule has 0 spiro atoms. The first-order chi connectivity index (χ1) is 13.2. The summed E-state index contributed by atoms with van der Waals surface area (Å²) in [7, 11) is 0. The largest absolute Gasteiger partial charge is 0.466 e. The Hall–Kier alpha value is -2.89. The van der Waals surface area contributed by atoms with Gasteiger partial charge >= 0.3 is 5.97 Å². The SMILES string of the molecule is CCOC(=O)[C@H]1CCCN(c2nccn3nc(-c4ccccc4C)cc23)C1. The van der Waals surface area contributed by atoms with Crippen LogP contribution in [0.3, 0.4) is 0 Å². The maximum Gasteiger partial charge on any atom is 0.310 e. The van der Waals surface area contributed by atoms with Gasteiger partial charge < -0.3 is 9.64 Å². The molecule has 1 fully saturated rings. The van der Waals surface area contributed by atoms with Crippen LogP contribution in [0.15, 0.2) is 42.7 Å². The number of carbonyl (C=O) groups excluding carboxylic acids is 1. The van der Waals surface area contributed by atoms with Crippen molar-refractivity contribution in [3.63, 3.8) is 0 Å². The first-order valence-corrected chi connectivity index (χ1v) is 9.49. The van der Waals surface area contributed by atoms with E-state index in [0.717, 1.165) is 42.0 Å². The molecule has 1 saturated heterocycles. The van der Waals surface area contributed by atoms with Gasteiger partial charge in [-0.05, 0) is 38.3 Å². The first-order valence-electron chi connectivity index (χ1n) is 9.49. The summed E-state index contributed by atoms with van der Waals surface area (Å²) in [5.74, 6) is 0.668. The molecule has 6 nitrogen and oxygen atoms in total. The summed E-state index contributed by atoms with van der Waals surface area (Å²) in [6, 6.07) is 10.3. The van der Waals surface area contributed by atoms with Crippen LogP contribution < -0.4 is 4.90 Å². The number of anilines is 1. The van der Waals surface area contributed by atoms with Gasteiger partial charge in [0.1, 0.15) is 5.52 Å². The topological polar surface area (TPSA) is 59.7 Å². The number of aromatic nitrogens is 3. The Labute approximate surface area is 158 Å². The van der Waals surface area contributed by atoms with Crippen LogP contribution in [0.1, 0.15) is 25.3 Å². The molecule has 0 amide bonds. The standard InChI is InChI=1S/C21H24N4O2/c1-3-27-21(26)16-8-6-11-24(14-16)20-19-13-18(23-25(19)12-10-22-20)17-9-5-4-7-15(17)2/h4-5,7,9-10,12-13,16H,3,6,8,11,14H2,1-2H3/t16-/m0/s1. The summed E-state index contributed by atoms with van der Waals surface area (Å²) in [4.78, 5) is 19.0. The number of nitrogens with zero attached hydrogens (tertiary/aromatic N) is 4. The van der Waals surface area contributed by atoms with Crippen LogP contribution in [-0.4, -0.2) is 40.3 Å². The van der Waals surface area contributed by atoms with Gasteiger partial charge in [0.25, 0.3) is 0 Å².